The fourth-order valence-corrected chi connectivity index (χ4v) is 2.12. The summed E-state index contributed by atoms with van der Waals surface area (Å²) in [5.74, 6) is 0.614. The highest BCUT2D eigenvalue weighted by Crippen LogP contribution is 2.24. The third-order valence-electron chi connectivity index (χ3n) is 3.24. The van der Waals surface area contributed by atoms with Gasteiger partial charge in [0.1, 0.15) is 5.75 Å². The number of hydrogen-bond donors (Lipinski definition) is 1. The quantitative estimate of drug-likeness (QED) is 0.829. The Morgan fingerprint density at radius 2 is 2.38 bits per heavy atom. The van der Waals surface area contributed by atoms with Crippen LogP contribution in [0.25, 0.3) is 0 Å². The molecule has 1 aromatic heterocycles. The molecule has 0 aliphatic rings. The van der Waals surface area contributed by atoms with Gasteiger partial charge in [-0.1, -0.05) is 12.6 Å². The van der Waals surface area contributed by atoms with E-state index < -0.39 is 0 Å². The second-order valence-electron chi connectivity index (χ2n) is 4.71. The number of amides is 1. The van der Waals surface area contributed by atoms with Crippen LogP contribution in [0.4, 0.5) is 0 Å². The van der Waals surface area contributed by atoms with Gasteiger partial charge in [0.15, 0.2) is 0 Å². The summed E-state index contributed by atoms with van der Waals surface area (Å²) in [5, 5.41) is 7.05. The van der Waals surface area contributed by atoms with Gasteiger partial charge in [-0.05, 0) is 36.8 Å². The highest BCUT2D eigenvalue weighted by Gasteiger charge is 2.11. The SMILES string of the molecule is C=CC(=O)NC(C)c1ccc(OC)c(Cn2cccn2)c1. The van der Waals surface area contributed by atoms with Gasteiger partial charge in [-0.25, -0.2) is 0 Å². The van der Waals surface area contributed by atoms with E-state index in [4.69, 9.17) is 4.74 Å². The molecule has 0 saturated heterocycles. The van der Waals surface area contributed by atoms with Crippen molar-refractivity contribution in [3.63, 3.8) is 0 Å². The third kappa shape index (κ3) is 3.72. The largest absolute Gasteiger partial charge is 0.496 e. The van der Waals surface area contributed by atoms with Crippen LogP contribution in [0.2, 0.25) is 0 Å². The second kappa shape index (κ2) is 6.74. The van der Waals surface area contributed by atoms with Crippen molar-refractivity contribution in [2.24, 2.45) is 0 Å². The number of rotatable bonds is 6. The molecule has 0 bridgehead atoms. The van der Waals surface area contributed by atoms with Crippen molar-refractivity contribution < 1.29 is 9.53 Å². The molecule has 5 heteroatoms. The van der Waals surface area contributed by atoms with E-state index in [2.05, 4.69) is 17.0 Å². The molecule has 5 nitrogen and oxygen atoms in total. The van der Waals surface area contributed by atoms with Crippen molar-refractivity contribution in [3.8, 4) is 5.75 Å². The average Bonchev–Trinajstić information content (AvgIpc) is 3.00. The molecule has 0 aliphatic heterocycles. The minimum atomic E-state index is -0.188. The number of ether oxygens (including phenoxy) is 1. The van der Waals surface area contributed by atoms with E-state index in [1.165, 1.54) is 6.08 Å². The zero-order valence-electron chi connectivity index (χ0n) is 12.2. The minimum absolute atomic E-state index is 0.0993. The van der Waals surface area contributed by atoms with E-state index in [-0.39, 0.29) is 11.9 Å². The summed E-state index contributed by atoms with van der Waals surface area (Å²) in [6.07, 6.45) is 4.91. The van der Waals surface area contributed by atoms with Crippen LogP contribution < -0.4 is 10.1 Å². The summed E-state index contributed by atoms with van der Waals surface area (Å²) >= 11 is 0. The maximum Gasteiger partial charge on any atom is 0.243 e. The lowest BCUT2D eigenvalue weighted by Crippen LogP contribution is -2.24. The minimum Gasteiger partial charge on any atom is -0.496 e. The standard InChI is InChI=1S/C16H19N3O2/c1-4-16(20)18-12(2)13-6-7-15(21-3)14(10-13)11-19-9-5-8-17-19/h4-10,12H,1,11H2,2-3H3,(H,18,20). The normalized spacial score (nSPS) is 11.7. The zero-order chi connectivity index (χ0) is 15.2. The van der Waals surface area contributed by atoms with Gasteiger partial charge in [0, 0.05) is 18.0 Å². The van der Waals surface area contributed by atoms with Crippen molar-refractivity contribution in [2.45, 2.75) is 19.5 Å². The first-order valence-corrected chi connectivity index (χ1v) is 6.71. The zero-order valence-corrected chi connectivity index (χ0v) is 12.2. The van der Waals surface area contributed by atoms with E-state index in [0.717, 1.165) is 16.9 Å². The van der Waals surface area contributed by atoms with E-state index in [0.29, 0.717) is 6.54 Å². The van der Waals surface area contributed by atoms with Crippen LogP contribution >= 0.6 is 0 Å². The lowest BCUT2D eigenvalue weighted by Gasteiger charge is -2.16. The molecule has 1 unspecified atom stereocenters. The molecule has 1 N–H and O–H groups in total. The molecule has 0 saturated carbocycles. The average molecular weight is 285 g/mol. The number of aromatic nitrogens is 2. The first kappa shape index (κ1) is 14.8. The fourth-order valence-electron chi connectivity index (χ4n) is 2.12. The predicted molar refractivity (Wildman–Crippen MR) is 81.1 cm³/mol. The van der Waals surface area contributed by atoms with Gasteiger partial charge >= 0.3 is 0 Å². The topological polar surface area (TPSA) is 56.1 Å². The number of carbonyl (C=O) groups excluding carboxylic acids is 1. The number of nitrogens with one attached hydrogen (secondary N) is 1. The van der Waals surface area contributed by atoms with Crippen molar-refractivity contribution >= 4 is 5.91 Å². The van der Waals surface area contributed by atoms with Crippen LogP contribution in [0.1, 0.15) is 24.1 Å². The Bertz CT molecular complexity index is 620. The summed E-state index contributed by atoms with van der Waals surface area (Å²) in [6.45, 7) is 6.01. The van der Waals surface area contributed by atoms with Gasteiger partial charge in [-0.3, -0.25) is 9.48 Å². The van der Waals surface area contributed by atoms with E-state index in [9.17, 15) is 4.79 Å². The van der Waals surface area contributed by atoms with Gasteiger partial charge in [-0.2, -0.15) is 5.10 Å². The van der Waals surface area contributed by atoms with Gasteiger partial charge in [0.25, 0.3) is 0 Å². The molecule has 0 spiro atoms. The number of hydrogen-bond acceptors (Lipinski definition) is 3. The highest BCUT2D eigenvalue weighted by atomic mass is 16.5. The van der Waals surface area contributed by atoms with Gasteiger partial charge < -0.3 is 10.1 Å². The Labute approximate surface area is 124 Å². The van der Waals surface area contributed by atoms with Gasteiger partial charge in [-0.15, -0.1) is 0 Å². The summed E-state index contributed by atoms with van der Waals surface area (Å²) in [4.78, 5) is 11.4. The first-order valence-electron chi connectivity index (χ1n) is 6.71. The fraction of sp³-hybridized carbons (Fsp3) is 0.250. The van der Waals surface area contributed by atoms with E-state index in [1.54, 1.807) is 13.3 Å². The summed E-state index contributed by atoms with van der Waals surface area (Å²) in [6, 6.07) is 7.65. The van der Waals surface area contributed by atoms with Crippen LogP contribution in [-0.2, 0) is 11.3 Å². The molecule has 0 aliphatic carbocycles. The molecule has 2 aromatic rings. The maximum absolute atomic E-state index is 11.4. The van der Waals surface area contributed by atoms with Crippen molar-refractivity contribution in [3.05, 3.63) is 60.4 Å². The Balaban J connectivity index is 2.24. The van der Waals surface area contributed by atoms with E-state index in [1.807, 2.05) is 42.1 Å². The lowest BCUT2D eigenvalue weighted by molar-refractivity contribution is -0.117. The predicted octanol–water partition coefficient (Wildman–Crippen LogP) is 2.30. The first-order chi connectivity index (χ1) is 10.1. The van der Waals surface area contributed by atoms with Crippen LogP contribution in [0.15, 0.2) is 49.3 Å². The molecule has 2 rings (SSSR count). The molecule has 21 heavy (non-hydrogen) atoms. The molecule has 0 fully saturated rings. The maximum atomic E-state index is 11.4. The molecule has 110 valence electrons. The van der Waals surface area contributed by atoms with Gasteiger partial charge in [0.2, 0.25) is 5.91 Å². The molecular formula is C16H19N3O2. The highest BCUT2D eigenvalue weighted by molar-refractivity contribution is 5.87. The number of nitrogens with zero attached hydrogens (tertiary/aromatic N) is 2. The van der Waals surface area contributed by atoms with Crippen LogP contribution in [0.3, 0.4) is 0 Å². The molecule has 1 heterocycles. The van der Waals surface area contributed by atoms with Crippen molar-refractivity contribution in [1.29, 1.82) is 0 Å². The smallest absolute Gasteiger partial charge is 0.243 e. The molecule has 1 atom stereocenters. The lowest BCUT2D eigenvalue weighted by atomic mass is 10.0. The molecule has 1 aromatic carbocycles. The Hall–Kier alpha value is -2.56. The molecular weight excluding hydrogens is 266 g/mol. The summed E-state index contributed by atoms with van der Waals surface area (Å²) < 4.78 is 7.21. The van der Waals surface area contributed by atoms with Crippen LogP contribution in [0.5, 0.6) is 5.75 Å². The number of benzene rings is 1. The van der Waals surface area contributed by atoms with Crippen LogP contribution in [0, 0.1) is 0 Å². The van der Waals surface area contributed by atoms with Crippen molar-refractivity contribution in [1.82, 2.24) is 15.1 Å². The monoisotopic (exact) mass is 285 g/mol. The Morgan fingerprint density at radius 3 is 3.00 bits per heavy atom. The molecule has 1 amide bonds. The van der Waals surface area contributed by atoms with Gasteiger partial charge in [0.05, 0.1) is 19.7 Å². The number of carbonyl (C=O) groups is 1. The van der Waals surface area contributed by atoms with Crippen LogP contribution in [-0.4, -0.2) is 22.8 Å². The third-order valence-corrected chi connectivity index (χ3v) is 3.24. The summed E-state index contributed by atoms with van der Waals surface area (Å²) in [5.41, 5.74) is 2.02. The van der Waals surface area contributed by atoms with Crippen molar-refractivity contribution in [2.75, 3.05) is 7.11 Å². The molecule has 0 radical (unpaired) electrons. The Kier molecular flexibility index (Phi) is 4.77. The van der Waals surface area contributed by atoms with E-state index >= 15 is 0 Å². The second-order valence-corrected chi connectivity index (χ2v) is 4.71. The Morgan fingerprint density at radius 1 is 1.57 bits per heavy atom. The summed E-state index contributed by atoms with van der Waals surface area (Å²) in [7, 11) is 1.64. The number of methoxy groups -OCH3 is 1.